The van der Waals surface area contributed by atoms with E-state index in [1.165, 1.54) is 0 Å². The lowest BCUT2D eigenvalue weighted by Gasteiger charge is -1.92. The van der Waals surface area contributed by atoms with Gasteiger partial charge in [-0.3, -0.25) is 9.78 Å². The minimum Gasteiger partial charge on any atom is -0.289 e. The number of aromatic nitrogens is 1. The third kappa shape index (κ3) is 2.60. The predicted octanol–water partition coefficient (Wildman–Crippen LogP) is 3.04. The number of thiophene rings is 1. The number of pyridine rings is 1. The Morgan fingerprint density at radius 1 is 1.40 bits per heavy atom. The van der Waals surface area contributed by atoms with Gasteiger partial charge in [0.2, 0.25) is 0 Å². The molecule has 74 valence electrons. The van der Waals surface area contributed by atoms with Gasteiger partial charge in [-0.25, -0.2) is 0 Å². The lowest BCUT2D eigenvalue weighted by Crippen LogP contribution is -1.93. The Morgan fingerprint density at radius 2 is 2.33 bits per heavy atom. The summed E-state index contributed by atoms with van der Waals surface area (Å²) < 4.78 is 0. The maximum Gasteiger partial charge on any atom is 0.187 e. The molecule has 0 fully saturated rings. The molecule has 2 nitrogen and oxygen atoms in total. The third-order valence-corrected chi connectivity index (χ3v) is 2.62. The number of hydrogen-bond acceptors (Lipinski definition) is 3. The van der Waals surface area contributed by atoms with Crippen molar-refractivity contribution in [1.29, 1.82) is 0 Å². The Labute approximate surface area is 91.9 Å². The number of nitrogens with zero attached hydrogens (tertiary/aromatic N) is 1. The van der Waals surface area contributed by atoms with Crippen molar-refractivity contribution < 1.29 is 4.79 Å². The fourth-order valence-corrected chi connectivity index (χ4v) is 1.78. The van der Waals surface area contributed by atoms with Crippen LogP contribution in [-0.4, -0.2) is 10.8 Å². The smallest absolute Gasteiger partial charge is 0.187 e. The Kier molecular flexibility index (Phi) is 3.05. The van der Waals surface area contributed by atoms with Gasteiger partial charge in [0.15, 0.2) is 5.78 Å². The molecule has 2 aromatic heterocycles. The minimum atomic E-state index is -0.0192. The Hall–Kier alpha value is -1.74. The van der Waals surface area contributed by atoms with Crippen LogP contribution in [0.5, 0.6) is 0 Å². The van der Waals surface area contributed by atoms with Crippen LogP contribution in [0.3, 0.4) is 0 Å². The second-order valence-electron chi connectivity index (χ2n) is 3.00. The Balaban J connectivity index is 2.11. The molecule has 0 saturated carbocycles. The zero-order chi connectivity index (χ0) is 10.5. The van der Waals surface area contributed by atoms with Crippen LogP contribution in [0.1, 0.15) is 15.9 Å². The first-order valence-corrected chi connectivity index (χ1v) is 5.45. The molecule has 2 rings (SSSR count). The van der Waals surface area contributed by atoms with Gasteiger partial charge in [-0.05, 0) is 40.6 Å². The molecule has 0 aliphatic carbocycles. The highest BCUT2D eigenvalue weighted by Crippen LogP contribution is 2.08. The lowest BCUT2D eigenvalue weighted by molar-refractivity contribution is 0.104. The number of hydrogen-bond donors (Lipinski definition) is 0. The second kappa shape index (κ2) is 4.66. The van der Waals surface area contributed by atoms with Crippen LogP contribution in [0.15, 0.2) is 47.4 Å². The molecule has 0 bridgehead atoms. The fourth-order valence-electron chi connectivity index (χ4n) is 1.15. The normalized spacial score (nSPS) is 10.7. The fraction of sp³-hybridized carbons (Fsp3) is 0. The summed E-state index contributed by atoms with van der Waals surface area (Å²) in [5, 5.41) is 3.97. The van der Waals surface area contributed by atoms with E-state index >= 15 is 0 Å². The summed E-state index contributed by atoms with van der Waals surface area (Å²) >= 11 is 1.61. The molecular formula is C12H9NOS. The van der Waals surface area contributed by atoms with Crippen molar-refractivity contribution in [3.05, 3.63) is 58.6 Å². The van der Waals surface area contributed by atoms with Crippen molar-refractivity contribution in [3.63, 3.8) is 0 Å². The van der Waals surface area contributed by atoms with Crippen LogP contribution in [0.4, 0.5) is 0 Å². The molecule has 3 heteroatoms. The van der Waals surface area contributed by atoms with Crippen molar-refractivity contribution in [3.8, 4) is 0 Å². The van der Waals surface area contributed by atoms with E-state index < -0.39 is 0 Å². The monoisotopic (exact) mass is 215 g/mol. The summed E-state index contributed by atoms with van der Waals surface area (Å²) in [5.74, 6) is -0.0192. The highest BCUT2D eigenvalue weighted by atomic mass is 32.1. The molecule has 2 heterocycles. The van der Waals surface area contributed by atoms with E-state index in [0.29, 0.717) is 5.56 Å². The summed E-state index contributed by atoms with van der Waals surface area (Å²) in [5.41, 5.74) is 1.67. The number of carbonyl (C=O) groups excluding carboxylic acids is 1. The summed E-state index contributed by atoms with van der Waals surface area (Å²) in [6.07, 6.45) is 6.60. The largest absolute Gasteiger partial charge is 0.289 e. The summed E-state index contributed by atoms with van der Waals surface area (Å²) in [4.78, 5) is 15.5. The van der Waals surface area contributed by atoms with Crippen molar-refractivity contribution in [2.24, 2.45) is 0 Å². The topological polar surface area (TPSA) is 30.0 Å². The van der Waals surface area contributed by atoms with Crippen molar-refractivity contribution in [2.75, 3.05) is 0 Å². The lowest BCUT2D eigenvalue weighted by atomic mass is 10.1. The second-order valence-corrected chi connectivity index (χ2v) is 3.78. The molecule has 0 spiro atoms. The quantitative estimate of drug-likeness (QED) is 0.582. The SMILES string of the molecule is O=C(/C=C/c1ccsc1)c1cccnc1. The molecule has 0 amide bonds. The maximum atomic E-state index is 11.6. The molecular weight excluding hydrogens is 206 g/mol. The van der Waals surface area contributed by atoms with E-state index in [0.717, 1.165) is 5.56 Å². The molecule has 0 atom stereocenters. The van der Waals surface area contributed by atoms with Gasteiger partial charge < -0.3 is 0 Å². The van der Waals surface area contributed by atoms with Crippen molar-refractivity contribution >= 4 is 23.2 Å². The predicted molar refractivity (Wildman–Crippen MR) is 61.9 cm³/mol. The van der Waals surface area contributed by atoms with Gasteiger partial charge in [-0.1, -0.05) is 6.08 Å². The zero-order valence-corrected chi connectivity index (χ0v) is 8.78. The maximum absolute atomic E-state index is 11.6. The average Bonchev–Trinajstić information content (AvgIpc) is 2.80. The number of rotatable bonds is 3. The molecule has 15 heavy (non-hydrogen) atoms. The standard InChI is InChI=1S/C12H9NOS/c14-12(11-2-1-6-13-8-11)4-3-10-5-7-15-9-10/h1-9H/b4-3+. The molecule has 0 aromatic carbocycles. The molecule has 0 N–H and O–H groups in total. The van der Waals surface area contributed by atoms with Gasteiger partial charge in [0.05, 0.1) is 0 Å². The van der Waals surface area contributed by atoms with Crippen molar-refractivity contribution in [2.45, 2.75) is 0 Å². The molecule has 2 aromatic rings. The molecule has 0 unspecified atom stereocenters. The highest BCUT2D eigenvalue weighted by Gasteiger charge is 1.99. The van der Waals surface area contributed by atoms with E-state index in [-0.39, 0.29) is 5.78 Å². The first-order valence-electron chi connectivity index (χ1n) is 4.51. The number of allylic oxidation sites excluding steroid dienone is 1. The van der Waals surface area contributed by atoms with Crippen LogP contribution >= 0.6 is 11.3 Å². The van der Waals surface area contributed by atoms with Crippen LogP contribution in [-0.2, 0) is 0 Å². The average molecular weight is 215 g/mol. The van der Waals surface area contributed by atoms with Crippen LogP contribution in [0.2, 0.25) is 0 Å². The molecule has 0 aliphatic heterocycles. The van der Waals surface area contributed by atoms with Gasteiger partial charge in [0, 0.05) is 18.0 Å². The summed E-state index contributed by atoms with van der Waals surface area (Å²) in [7, 11) is 0. The van der Waals surface area contributed by atoms with Gasteiger partial charge in [0.25, 0.3) is 0 Å². The van der Waals surface area contributed by atoms with Crippen LogP contribution in [0, 0.1) is 0 Å². The minimum absolute atomic E-state index is 0.0192. The van der Waals surface area contributed by atoms with Gasteiger partial charge in [0.1, 0.15) is 0 Å². The van der Waals surface area contributed by atoms with Crippen LogP contribution in [0.25, 0.3) is 6.08 Å². The molecule has 0 radical (unpaired) electrons. The Morgan fingerprint density at radius 3 is 3.00 bits per heavy atom. The van der Waals surface area contributed by atoms with E-state index in [1.54, 1.807) is 41.9 Å². The molecule has 0 saturated heterocycles. The van der Waals surface area contributed by atoms with Crippen LogP contribution < -0.4 is 0 Å². The first-order chi connectivity index (χ1) is 7.36. The van der Waals surface area contributed by atoms with E-state index in [1.807, 2.05) is 22.9 Å². The zero-order valence-electron chi connectivity index (χ0n) is 7.96. The van der Waals surface area contributed by atoms with E-state index in [9.17, 15) is 4.79 Å². The number of ketones is 1. The van der Waals surface area contributed by atoms with E-state index in [2.05, 4.69) is 4.98 Å². The van der Waals surface area contributed by atoms with E-state index in [4.69, 9.17) is 0 Å². The first kappa shape index (κ1) is 9.80. The highest BCUT2D eigenvalue weighted by molar-refractivity contribution is 7.08. The Bertz CT molecular complexity index is 460. The van der Waals surface area contributed by atoms with Gasteiger partial charge in [-0.2, -0.15) is 11.3 Å². The number of carbonyl (C=O) groups is 1. The van der Waals surface area contributed by atoms with Gasteiger partial charge >= 0.3 is 0 Å². The van der Waals surface area contributed by atoms with Crippen molar-refractivity contribution in [1.82, 2.24) is 4.98 Å². The summed E-state index contributed by atoms with van der Waals surface area (Å²) in [6, 6.07) is 5.48. The summed E-state index contributed by atoms with van der Waals surface area (Å²) in [6.45, 7) is 0. The van der Waals surface area contributed by atoms with Gasteiger partial charge in [-0.15, -0.1) is 0 Å². The molecule has 0 aliphatic rings. The third-order valence-electron chi connectivity index (χ3n) is 1.92.